The van der Waals surface area contributed by atoms with Crippen LogP contribution in [0.2, 0.25) is 0 Å². The van der Waals surface area contributed by atoms with Gasteiger partial charge in [-0.3, -0.25) is 9.59 Å². The van der Waals surface area contributed by atoms with Crippen LogP contribution >= 0.6 is 0 Å². The predicted molar refractivity (Wildman–Crippen MR) is 124 cm³/mol. The molecule has 1 heterocycles. The first-order valence-corrected chi connectivity index (χ1v) is 11.4. The number of nitrogens with one attached hydrogen (secondary N) is 3. The van der Waals surface area contributed by atoms with Gasteiger partial charge >= 0.3 is 12.4 Å². The molecule has 1 aliphatic carbocycles. The minimum absolute atomic E-state index is 0.0375. The van der Waals surface area contributed by atoms with E-state index < -0.39 is 51.5 Å². The van der Waals surface area contributed by atoms with Crippen LogP contribution in [0.5, 0.6) is 0 Å². The van der Waals surface area contributed by atoms with Crippen molar-refractivity contribution < 1.29 is 31.1 Å². The van der Waals surface area contributed by atoms with Gasteiger partial charge in [-0.1, -0.05) is 25.8 Å². The third kappa shape index (κ3) is 5.05. The van der Waals surface area contributed by atoms with Crippen LogP contribution in [-0.2, 0) is 12.4 Å². The number of rotatable bonds is 5. The van der Waals surface area contributed by atoms with Crippen molar-refractivity contribution in [1.29, 1.82) is 0 Å². The normalized spacial score (nSPS) is 18.4. The van der Waals surface area contributed by atoms with Crippen LogP contribution in [0.15, 0.2) is 47.4 Å². The molecule has 0 spiro atoms. The highest BCUT2D eigenvalue weighted by molar-refractivity contribution is 6.06. The maximum absolute atomic E-state index is 13.8. The van der Waals surface area contributed by atoms with Crippen molar-refractivity contribution >= 4 is 28.2 Å². The Balaban J connectivity index is 1.68. The highest BCUT2D eigenvalue weighted by atomic mass is 19.4. The molecule has 192 valence electrons. The van der Waals surface area contributed by atoms with E-state index >= 15 is 0 Å². The van der Waals surface area contributed by atoms with Crippen molar-refractivity contribution in [1.82, 2.24) is 4.98 Å². The molecule has 1 aliphatic rings. The number of H-pyrrole nitrogens is 1. The van der Waals surface area contributed by atoms with Gasteiger partial charge in [-0.2, -0.15) is 26.3 Å². The van der Waals surface area contributed by atoms with Crippen molar-refractivity contribution in [2.75, 3.05) is 10.6 Å². The Bertz CT molecular complexity index is 1350. The van der Waals surface area contributed by atoms with Crippen LogP contribution in [0.25, 0.3) is 10.9 Å². The average molecular weight is 511 g/mol. The van der Waals surface area contributed by atoms with Crippen molar-refractivity contribution in [2.24, 2.45) is 5.92 Å². The van der Waals surface area contributed by atoms with Gasteiger partial charge in [-0.05, 0) is 49.1 Å². The number of aromatic amines is 1. The van der Waals surface area contributed by atoms with E-state index in [4.69, 9.17) is 0 Å². The number of fused-ring (bicyclic) bond motifs is 1. The van der Waals surface area contributed by atoms with Crippen molar-refractivity contribution in [3.63, 3.8) is 0 Å². The summed E-state index contributed by atoms with van der Waals surface area (Å²) in [5.41, 5.74) is -4.90. The van der Waals surface area contributed by atoms with Gasteiger partial charge in [-0.25, -0.2) is 0 Å². The smallest absolute Gasteiger partial charge is 0.382 e. The molecule has 0 bridgehead atoms. The second kappa shape index (κ2) is 9.51. The minimum atomic E-state index is -4.87. The molecular weight excluding hydrogens is 488 g/mol. The Morgan fingerprint density at radius 2 is 1.75 bits per heavy atom. The molecule has 3 N–H and O–H groups in total. The highest BCUT2D eigenvalue weighted by Crippen LogP contribution is 2.38. The number of hydrogen-bond donors (Lipinski definition) is 3. The molecule has 0 aliphatic heterocycles. The zero-order valence-electron chi connectivity index (χ0n) is 19.1. The summed E-state index contributed by atoms with van der Waals surface area (Å²) in [6.45, 7) is 2.02. The summed E-state index contributed by atoms with van der Waals surface area (Å²) >= 11 is 0. The highest BCUT2D eigenvalue weighted by Gasteiger charge is 2.36. The van der Waals surface area contributed by atoms with Crippen LogP contribution in [0.3, 0.4) is 0 Å². The van der Waals surface area contributed by atoms with Gasteiger partial charge < -0.3 is 15.6 Å². The number of benzene rings is 2. The predicted octanol–water partition coefficient (Wildman–Crippen LogP) is 6.81. The standard InChI is InChI=1S/C25H23F6N3O2/c1-2-13-5-3-7-18(13)33-14-9-10-19(17(11-14)25(29,30)31)34-23(36)15-12-32-20-8-4-6-16(24(26,27)28)21(20)22(15)35/h4,6,8-13,18,33H,2-3,5,7H2,1H3,(H,32,35)(H,34,36). The molecular formula is C25H23F6N3O2. The van der Waals surface area contributed by atoms with E-state index in [1.807, 2.05) is 12.2 Å². The Labute approximate surface area is 201 Å². The summed E-state index contributed by atoms with van der Waals surface area (Å²) < 4.78 is 81.7. The zero-order valence-corrected chi connectivity index (χ0v) is 19.1. The van der Waals surface area contributed by atoms with Gasteiger partial charge in [-0.15, -0.1) is 0 Å². The fourth-order valence-electron chi connectivity index (χ4n) is 4.77. The minimum Gasteiger partial charge on any atom is -0.382 e. The number of hydrogen-bond acceptors (Lipinski definition) is 3. The Hall–Kier alpha value is -3.50. The summed E-state index contributed by atoms with van der Waals surface area (Å²) in [5, 5.41) is 4.42. The molecule has 3 aromatic rings. The molecule has 1 aromatic heterocycles. The number of anilines is 2. The summed E-state index contributed by atoms with van der Waals surface area (Å²) in [6.07, 6.45) is -5.12. The van der Waals surface area contributed by atoms with E-state index in [0.717, 1.165) is 50.1 Å². The summed E-state index contributed by atoms with van der Waals surface area (Å²) in [5.74, 6) is -0.914. The molecule has 2 aromatic carbocycles. The number of carbonyl (C=O) groups is 1. The van der Waals surface area contributed by atoms with Crippen LogP contribution in [-0.4, -0.2) is 16.9 Å². The topological polar surface area (TPSA) is 74.0 Å². The maximum atomic E-state index is 13.8. The third-order valence-corrected chi connectivity index (χ3v) is 6.57. The third-order valence-electron chi connectivity index (χ3n) is 6.57. The number of amides is 1. The SMILES string of the molecule is CCC1CCCC1Nc1ccc(NC(=O)c2c[nH]c3cccc(C(F)(F)F)c3c2=O)c(C(F)(F)F)c1. The summed E-state index contributed by atoms with van der Waals surface area (Å²) in [4.78, 5) is 28.0. The zero-order chi connectivity index (χ0) is 26.3. The number of pyridine rings is 1. The Kier molecular flexibility index (Phi) is 6.76. The molecule has 0 saturated heterocycles. The molecule has 2 unspecified atom stereocenters. The molecule has 0 radical (unpaired) electrons. The fourth-order valence-corrected chi connectivity index (χ4v) is 4.77. The molecule has 1 fully saturated rings. The lowest BCUT2D eigenvalue weighted by Gasteiger charge is -2.22. The van der Waals surface area contributed by atoms with E-state index in [1.54, 1.807) is 0 Å². The first-order valence-electron chi connectivity index (χ1n) is 11.4. The monoisotopic (exact) mass is 511 g/mol. The van der Waals surface area contributed by atoms with E-state index in [2.05, 4.69) is 10.3 Å². The number of carbonyl (C=O) groups excluding carboxylic acids is 1. The number of aromatic nitrogens is 1. The van der Waals surface area contributed by atoms with Crippen LogP contribution in [0, 0.1) is 5.92 Å². The quantitative estimate of drug-likeness (QED) is 0.330. The van der Waals surface area contributed by atoms with Crippen LogP contribution < -0.4 is 16.1 Å². The number of alkyl halides is 6. The van der Waals surface area contributed by atoms with E-state index in [-0.39, 0.29) is 17.2 Å². The second-order valence-corrected chi connectivity index (χ2v) is 8.82. The van der Waals surface area contributed by atoms with Gasteiger partial charge in [0.25, 0.3) is 5.91 Å². The Morgan fingerprint density at radius 3 is 2.42 bits per heavy atom. The van der Waals surface area contributed by atoms with Gasteiger partial charge in [0.2, 0.25) is 5.43 Å². The Morgan fingerprint density at radius 1 is 1.03 bits per heavy atom. The molecule has 1 amide bonds. The maximum Gasteiger partial charge on any atom is 0.418 e. The van der Waals surface area contributed by atoms with E-state index in [0.29, 0.717) is 12.0 Å². The van der Waals surface area contributed by atoms with Gasteiger partial charge in [0, 0.05) is 23.4 Å². The summed E-state index contributed by atoms with van der Waals surface area (Å²) in [7, 11) is 0. The average Bonchev–Trinajstić information content (AvgIpc) is 3.25. The van der Waals surface area contributed by atoms with Crippen molar-refractivity contribution in [3.8, 4) is 0 Å². The lowest BCUT2D eigenvalue weighted by Crippen LogP contribution is -2.25. The van der Waals surface area contributed by atoms with E-state index in [9.17, 15) is 35.9 Å². The van der Waals surface area contributed by atoms with Crippen LogP contribution in [0.4, 0.5) is 37.7 Å². The lowest BCUT2D eigenvalue weighted by molar-refractivity contribution is -0.137. The largest absolute Gasteiger partial charge is 0.418 e. The first kappa shape index (κ1) is 25.6. The fraction of sp³-hybridized carbons (Fsp3) is 0.360. The van der Waals surface area contributed by atoms with Crippen molar-refractivity contribution in [2.45, 2.75) is 51.0 Å². The molecule has 11 heteroatoms. The van der Waals surface area contributed by atoms with E-state index in [1.165, 1.54) is 12.1 Å². The first-order chi connectivity index (χ1) is 16.9. The number of halogens is 6. The molecule has 5 nitrogen and oxygen atoms in total. The molecule has 1 saturated carbocycles. The lowest BCUT2D eigenvalue weighted by atomic mass is 10.00. The second-order valence-electron chi connectivity index (χ2n) is 8.82. The van der Waals surface area contributed by atoms with Gasteiger partial charge in [0.15, 0.2) is 0 Å². The van der Waals surface area contributed by atoms with Crippen molar-refractivity contribution in [3.05, 3.63) is 69.5 Å². The molecule has 2 atom stereocenters. The molecule has 36 heavy (non-hydrogen) atoms. The van der Waals surface area contributed by atoms with Gasteiger partial charge in [0.1, 0.15) is 5.56 Å². The van der Waals surface area contributed by atoms with Gasteiger partial charge in [0.05, 0.1) is 22.2 Å². The summed E-state index contributed by atoms with van der Waals surface area (Å²) in [6, 6.07) is 6.40. The molecule has 4 rings (SSSR count). The van der Waals surface area contributed by atoms with Crippen LogP contribution in [0.1, 0.15) is 54.1 Å².